The van der Waals surface area contributed by atoms with Gasteiger partial charge in [0.1, 0.15) is 0 Å². The highest BCUT2D eigenvalue weighted by Gasteiger charge is 2.11. The minimum atomic E-state index is -0.406. The fourth-order valence-electron chi connectivity index (χ4n) is 0.685. The lowest BCUT2D eigenvalue weighted by Crippen LogP contribution is -2.01. The monoisotopic (exact) mass is 172 g/mol. The van der Waals surface area contributed by atoms with Crippen LogP contribution in [0.25, 0.3) is 0 Å². The Morgan fingerprint density at radius 1 is 1.73 bits per heavy atom. The summed E-state index contributed by atoms with van der Waals surface area (Å²) in [5, 5.41) is 10.4. The number of rotatable bonds is 2. The van der Waals surface area contributed by atoms with Gasteiger partial charge in [-0.3, -0.25) is 10.1 Å². The second-order valence-corrected chi connectivity index (χ2v) is 3.32. The molecule has 60 valence electrons. The summed E-state index contributed by atoms with van der Waals surface area (Å²) >= 11 is 1.12. The quantitative estimate of drug-likeness (QED) is 0.545. The molecule has 0 saturated heterocycles. The van der Waals surface area contributed by atoms with E-state index in [9.17, 15) is 10.1 Å². The normalized spacial score (nSPS) is 12.9. The van der Waals surface area contributed by atoms with E-state index in [0.717, 1.165) is 16.2 Å². The number of nitro groups is 1. The van der Waals surface area contributed by atoms with Crippen molar-refractivity contribution < 1.29 is 4.92 Å². The molecular formula is C6H8N2O2S. The Balaban J connectivity index is 2.90. The highest BCUT2D eigenvalue weighted by atomic mass is 32.1. The Kier molecular flexibility index (Phi) is 2.21. The van der Waals surface area contributed by atoms with Gasteiger partial charge in [0, 0.05) is 17.0 Å². The van der Waals surface area contributed by atoms with E-state index in [0.29, 0.717) is 0 Å². The molecule has 0 unspecified atom stereocenters. The second kappa shape index (κ2) is 2.98. The molecule has 2 N–H and O–H groups in total. The van der Waals surface area contributed by atoms with Crippen molar-refractivity contribution >= 4 is 16.3 Å². The van der Waals surface area contributed by atoms with Crippen LogP contribution in [0.3, 0.4) is 0 Å². The fourth-order valence-corrected chi connectivity index (χ4v) is 1.46. The maximum atomic E-state index is 10.2. The number of thiophene rings is 1. The van der Waals surface area contributed by atoms with E-state index in [1.807, 2.05) is 0 Å². The summed E-state index contributed by atoms with van der Waals surface area (Å²) < 4.78 is 0. The van der Waals surface area contributed by atoms with Crippen LogP contribution in [0.1, 0.15) is 17.8 Å². The van der Waals surface area contributed by atoms with Gasteiger partial charge in [0.05, 0.1) is 4.92 Å². The molecule has 5 heteroatoms. The minimum absolute atomic E-state index is 0.117. The molecule has 0 radical (unpaired) electrons. The summed E-state index contributed by atoms with van der Waals surface area (Å²) in [6.07, 6.45) is 0. The molecule has 0 aliphatic rings. The Morgan fingerprint density at radius 3 is 2.64 bits per heavy atom. The summed E-state index contributed by atoms with van der Waals surface area (Å²) in [5.41, 5.74) is 5.52. The Hall–Kier alpha value is -0.940. The smallest absolute Gasteiger partial charge is 0.324 e. The van der Waals surface area contributed by atoms with Crippen molar-refractivity contribution in [1.82, 2.24) is 0 Å². The average molecular weight is 172 g/mol. The van der Waals surface area contributed by atoms with Crippen LogP contribution < -0.4 is 5.73 Å². The van der Waals surface area contributed by atoms with Crippen molar-refractivity contribution in [3.63, 3.8) is 0 Å². The van der Waals surface area contributed by atoms with E-state index in [1.54, 1.807) is 13.0 Å². The van der Waals surface area contributed by atoms with Crippen LogP contribution in [-0.2, 0) is 0 Å². The number of nitrogens with zero attached hydrogens (tertiary/aromatic N) is 1. The largest absolute Gasteiger partial charge is 0.324 e. The molecule has 4 nitrogen and oxygen atoms in total. The zero-order chi connectivity index (χ0) is 8.43. The summed E-state index contributed by atoms with van der Waals surface area (Å²) in [6.45, 7) is 1.80. The molecule has 1 heterocycles. The zero-order valence-electron chi connectivity index (χ0n) is 5.98. The van der Waals surface area contributed by atoms with E-state index < -0.39 is 4.92 Å². The molecule has 1 rings (SSSR count). The van der Waals surface area contributed by atoms with E-state index in [4.69, 9.17) is 5.73 Å². The Bertz CT molecular complexity index is 269. The second-order valence-electron chi connectivity index (χ2n) is 2.22. The third kappa shape index (κ3) is 1.75. The van der Waals surface area contributed by atoms with Gasteiger partial charge in [0.15, 0.2) is 0 Å². The first kappa shape index (κ1) is 8.16. The molecule has 1 aromatic heterocycles. The zero-order valence-corrected chi connectivity index (χ0v) is 6.80. The van der Waals surface area contributed by atoms with Crippen LogP contribution in [0.5, 0.6) is 0 Å². The maximum absolute atomic E-state index is 10.2. The van der Waals surface area contributed by atoms with Gasteiger partial charge >= 0.3 is 5.00 Å². The molecule has 0 aromatic carbocycles. The van der Waals surface area contributed by atoms with Crippen LogP contribution in [0.4, 0.5) is 5.00 Å². The fraction of sp³-hybridized carbons (Fsp3) is 0.333. The van der Waals surface area contributed by atoms with Gasteiger partial charge in [0.25, 0.3) is 0 Å². The minimum Gasteiger partial charge on any atom is -0.324 e. The lowest BCUT2D eigenvalue weighted by atomic mass is 10.3. The first-order chi connectivity index (χ1) is 5.11. The number of nitrogens with two attached hydrogens (primary N) is 1. The van der Waals surface area contributed by atoms with Crippen molar-refractivity contribution in [2.45, 2.75) is 13.0 Å². The average Bonchev–Trinajstić information content (AvgIpc) is 2.33. The summed E-state index contributed by atoms with van der Waals surface area (Å²) in [5.74, 6) is 0. The number of hydrogen-bond donors (Lipinski definition) is 1. The predicted molar refractivity (Wildman–Crippen MR) is 43.6 cm³/mol. The van der Waals surface area contributed by atoms with Crippen LogP contribution in [-0.4, -0.2) is 4.92 Å². The van der Waals surface area contributed by atoms with Gasteiger partial charge in [-0.25, -0.2) is 0 Å². The summed E-state index contributed by atoms with van der Waals surface area (Å²) in [7, 11) is 0. The molecule has 0 spiro atoms. The highest BCUT2D eigenvalue weighted by Crippen LogP contribution is 2.27. The molecule has 11 heavy (non-hydrogen) atoms. The molecule has 0 saturated carbocycles. The molecule has 0 fully saturated rings. The molecular weight excluding hydrogens is 164 g/mol. The van der Waals surface area contributed by atoms with Gasteiger partial charge in [0.2, 0.25) is 0 Å². The summed E-state index contributed by atoms with van der Waals surface area (Å²) in [6, 6.07) is 3.05. The van der Waals surface area contributed by atoms with Gasteiger partial charge in [-0.2, -0.15) is 0 Å². The molecule has 1 atom stereocenters. The van der Waals surface area contributed by atoms with E-state index in [-0.39, 0.29) is 11.0 Å². The van der Waals surface area contributed by atoms with Crippen molar-refractivity contribution in [3.8, 4) is 0 Å². The number of hydrogen-bond acceptors (Lipinski definition) is 4. The molecule has 0 aliphatic heterocycles. The van der Waals surface area contributed by atoms with Crippen molar-refractivity contribution in [1.29, 1.82) is 0 Å². The van der Waals surface area contributed by atoms with Crippen LogP contribution in [0, 0.1) is 10.1 Å². The van der Waals surface area contributed by atoms with Crippen LogP contribution in [0.2, 0.25) is 0 Å². The topological polar surface area (TPSA) is 69.2 Å². The van der Waals surface area contributed by atoms with Gasteiger partial charge < -0.3 is 5.73 Å². The van der Waals surface area contributed by atoms with Crippen LogP contribution >= 0.6 is 11.3 Å². The molecule has 0 bridgehead atoms. The van der Waals surface area contributed by atoms with Crippen molar-refractivity contribution in [2.24, 2.45) is 5.73 Å². The Labute approximate surface area is 67.8 Å². The lowest BCUT2D eigenvalue weighted by Gasteiger charge is -1.96. The van der Waals surface area contributed by atoms with Gasteiger partial charge in [-0.05, 0) is 13.0 Å². The molecule has 1 aromatic rings. The van der Waals surface area contributed by atoms with Gasteiger partial charge in [-0.1, -0.05) is 11.3 Å². The highest BCUT2D eigenvalue weighted by molar-refractivity contribution is 7.15. The SMILES string of the molecule is C[C@@H](N)c1ccc([N+](=O)[O-])s1. The van der Waals surface area contributed by atoms with E-state index >= 15 is 0 Å². The molecule has 0 aliphatic carbocycles. The van der Waals surface area contributed by atoms with Crippen molar-refractivity contribution in [3.05, 3.63) is 27.1 Å². The van der Waals surface area contributed by atoms with E-state index in [1.165, 1.54) is 6.07 Å². The van der Waals surface area contributed by atoms with Crippen molar-refractivity contribution in [2.75, 3.05) is 0 Å². The standard InChI is InChI=1S/C6H8N2O2S/c1-4(7)5-2-3-6(11-5)8(9)10/h2-4H,7H2,1H3/t4-/m1/s1. The maximum Gasteiger partial charge on any atom is 0.324 e. The van der Waals surface area contributed by atoms with E-state index in [2.05, 4.69) is 0 Å². The first-order valence-electron chi connectivity index (χ1n) is 3.11. The summed E-state index contributed by atoms with van der Waals surface area (Å²) in [4.78, 5) is 10.6. The predicted octanol–water partition coefficient (Wildman–Crippen LogP) is 1.68. The first-order valence-corrected chi connectivity index (χ1v) is 3.92. The van der Waals surface area contributed by atoms with Gasteiger partial charge in [-0.15, -0.1) is 0 Å². The van der Waals surface area contributed by atoms with Crippen LogP contribution in [0.15, 0.2) is 12.1 Å². The third-order valence-electron chi connectivity index (χ3n) is 1.24. The lowest BCUT2D eigenvalue weighted by molar-refractivity contribution is -0.380. The Morgan fingerprint density at radius 2 is 2.36 bits per heavy atom. The third-order valence-corrected chi connectivity index (χ3v) is 2.48. The molecule has 0 amide bonds.